The van der Waals surface area contributed by atoms with Gasteiger partial charge in [-0.2, -0.15) is 13.2 Å². The van der Waals surface area contributed by atoms with Crippen LogP contribution < -0.4 is 5.69 Å². The Morgan fingerprint density at radius 1 is 1.15 bits per heavy atom. The summed E-state index contributed by atoms with van der Waals surface area (Å²) in [5.41, 5.74) is 0.443. The van der Waals surface area contributed by atoms with E-state index in [-0.39, 0.29) is 11.4 Å². The third-order valence-electron chi connectivity index (χ3n) is 7.59. The number of nitrogens with zero attached hydrogens (tertiary/aromatic N) is 6. The first-order valence-corrected chi connectivity index (χ1v) is 13.5. The molecular formula is C29H35F3N6O. The van der Waals surface area contributed by atoms with Gasteiger partial charge in [-0.25, -0.2) is 4.79 Å². The van der Waals surface area contributed by atoms with E-state index in [4.69, 9.17) is 0 Å². The summed E-state index contributed by atoms with van der Waals surface area (Å²) in [6.45, 7) is 8.47. The standard InChI is InChI=1S/C29H35F3N6O/c1-19(2)11-24(27-34-33-18-35(27)4)22-8-5-9-23(13-22)37-17-26-25(29(30,31)32)12-21(16-38(26)28(37)39)15-36-10-6-7-20(3)14-36/h5,8-9,12-13,16-20,24H,6-7,10-11,14-15H2,1-4H3/t20-,24-/m0/s1. The van der Waals surface area contributed by atoms with Crippen molar-refractivity contribution in [1.82, 2.24) is 28.6 Å². The van der Waals surface area contributed by atoms with Crippen LogP contribution in [-0.4, -0.2) is 41.7 Å². The highest BCUT2D eigenvalue weighted by molar-refractivity contribution is 5.58. The number of piperidine rings is 1. The first-order valence-electron chi connectivity index (χ1n) is 13.5. The van der Waals surface area contributed by atoms with Crippen molar-refractivity contribution in [1.29, 1.82) is 0 Å². The van der Waals surface area contributed by atoms with Gasteiger partial charge in [0.05, 0.1) is 16.8 Å². The molecule has 208 valence electrons. The molecule has 1 aliphatic heterocycles. The van der Waals surface area contributed by atoms with Crippen molar-refractivity contribution < 1.29 is 13.2 Å². The summed E-state index contributed by atoms with van der Waals surface area (Å²) in [7, 11) is 1.89. The monoisotopic (exact) mass is 540 g/mol. The number of hydrogen-bond acceptors (Lipinski definition) is 4. The smallest absolute Gasteiger partial charge is 0.320 e. The minimum Gasteiger partial charge on any atom is -0.320 e. The molecule has 4 aromatic rings. The number of alkyl halides is 3. The number of fused-ring (bicyclic) bond motifs is 1. The lowest BCUT2D eigenvalue weighted by Crippen LogP contribution is -2.34. The highest BCUT2D eigenvalue weighted by Crippen LogP contribution is 2.34. The molecule has 4 heterocycles. The van der Waals surface area contributed by atoms with Crippen LogP contribution >= 0.6 is 0 Å². The Morgan fingerprint density at radius 3 is 2.62 bits per heavy atom. The van der Waals surface area contributed by atoms with Crippen molar-refractivity contribution in [2.75, 3.05) is 13.1 Å². The molecule has 1 aliphatic rings. The fraction of sp³-hybridized carbons (Fsp3) is 0.483. The third-order valence-corrected chi connectivity index (χ3v) is 7.59. The molecule has 0 bridgehead atoms. The van der Waals surface area contributed by atoms with Crippen LogP contribution in [0, 0.1) is 11.8 Å². The van der Waals surface area contributed by atoms with E-state index in [1.807, 2.05) is 29.8 Å². The van der Waals surface area contributed by atoms with Gasteiger partial charge in [0, 0.05) is 38.4 Å². The van der Waals surface area contributed by atoms with Gasteiger partial charge in [0.1, 0.15) is 12.2 Å². The molecule has 0 aliphatic carbocycles. The minimum absolute atomic E-state index is 0.0746. The van der Waals surface area contributed by atoms with Crippen LogP contribution in [0.15, 0.2) is 53.8 Å². The average molecular weight is 541 g/mol. The number of rotatable bonds is 7. The van der Waals surface area contributed by atoms with E-state index in [9.17, 15) is 18.0 Å². The van der Waals surface area contributed by atoms with Crippen molar-refractivity contribution >= 4 is 5.52 Å². The molecule has 1 saturated heterocycles. The summed E-state index contributed by atoms with van der Waals surface area (Å²) in [5, 5.41) is 8.34. The van der Waals surface area contributed by atoms with E-state index in [2.05, 4.69) is 35.9 Å². The molecule has 0 N–H and O–H groups in total. The van der Waals surface area contributed by atoms with Crippen LogP contribution in [0.25, 0.3) is 11.2 Å². The second-order valence-electron chi connectivity index (χ2n) is 11.4. The van der Waals surface area contributed by atoms with E-state index in [1.54, 1.807) is 18.6 Å². The summed E-state index contributed by atoms with van der Waals surface area (Å²) >= 11 is 0. The van der Waals surface area contributed by atoms with Gasteiger partial charge in [-0.15, -0.1) is 10.2 Å². The van der Waals surface area contributed by atoms with Crippen molar-refractivity contribution in [3.05, 3.63) is 82.1 Å². The van der Waals surface area contributed by atoms with Crippen molar-refractivity contribution in [2.45, 2.75) is 58.7 Å². The summed E-state index contributed by atoms with van der Waals surface area (Å²) in [5.74, 6) is 1.59. The van der Waals surface area contributed by atoms with Crippen LogP contribution in [0.5, 0.6) is 0 Å². The van der Waals surface area contributed by atoms with E-state index in [0.29, 0.717) is 29.6 Å². The van der Waals surface area contributed by atoms with Crippen molar-refractivity contribution in [2.24, 2.45) is 18.9 Å². The molecular weight excluding hydrogens is 505 g/mol. The molecule has 3 aromatic heterocycles. The number of hydrogen-bond donors (Lipinski definition) is 0. The first-order chi connectivity index (χ1) is 18.5. The zero-order chi connectivity index (χ0) is 27.9. The number of likely N-dealkylation sites (tertiary alicyclic amines) is 1. The zero-order valence-corrected chi connectivity index (χ0v) is 22.8. The minimum atomic E-state index is -4.59. The van der Waals surface area contributed by atoms with Crippen LogP contribution in [0.4, 0.5) is 13.2 Å². The quantitative estimate of drug-likeness (QED) is 0.304. The fourth-order valence-electron chi connectivity index (χ4n) is 5.79. The Bertz CT molecular complexity index is 1520. The Morgan fingerprint density at radius 2 is 1.95 bits per heavy atom. The van der Waals surface area contributed by atoms with E-state index in [1.165, 1.54) is 16.8 Å². The number of aromatic nitrogens is 5. The maximum Gasteiger partial charge on any atom is 0.418 e. The molecule has 10 heteroatoms. The molecule has 0 amide bonds. The number of aryl methyl sites for hydroxylation is 1. The fourth-order valence-corrected chi connectivity index (χ4v) is 5.79. The predicted octanol–water partition coefficient (Wildman–Crippen LogP) is 5.65. The lowest BCUT2D eigenvalue weighted by Gasteiger charge is -2.31. The van der Waals surface area contributed by atoms with E-state index in [0.717, 1.165) is 48.1 Å². The van der Waals surface area contributed by atoms with Gasteiger partial charge in [-0.1, -0.05) is 32.9 Å². The normalized spacial score (nSPS) is 17.8. The van der Waals surface area contributed by atoms with Crippen molar-refractivity contribution in [3.63, 3.8) is 0 Å². The molecule has 0 radical (unpaired) electrons. The van der Waals surface area contributed by atoms with Crippen LogP contribution in [0.2, 0.25) is 0 Å². The summed E-state index contributed by atoms with van der Waals surface area (Å²) in [6.07, 6.45) is 2.88. The summed E-state index contributed by atoms with van der Waals surface area (Å²) < 4.78 is 47.0. The van der Waals surface area contributed by atoms with Gasteiger partial charge in [0.2, 0.25) is 0 Å². The summed E-state index contributed by atoms with van der Waals surface area (Å²) in [4.78, 5) is 15.7. The molecule has 0 unspecified atom stereocenters. The van der Waals surface area contributed by atoms with Gasteiger partial charge in [-0.3, -0.25) is 13.9 Å². The van der Waals surface area contributed by atoms with Crippen molar-refractivity contribution in [3.8, 4) is 5.69 Å². The predicted molar refractivity (Wildman–Crippen MR) is 144 cm³/mol. The topological polar surface area (TPSA) is 60.4 Å². The number of halogens is 3. The summed E-state index contributed by atoms with van der Waals surface area (Å²) in [6, 6.07) is 8.60. The maximum atomic E-state index is 14.2. The molecule has 0 spiro atoms. The second-order valence-corrected chi connectivity index (χ2v) is 11.4. The van der Waals surface area contributed by atoms with Gasteiger partial charge in [0.25, 0.3) is 0 Å². The Hall–Kier alpha value is -3.40. The van der Waals surface area contributed by atoms with Crippen LogP contribution in [0.1, 0.15) is 68.5 Å². The van der Waals surface area contributed by atoms with Crippen LogP contribution in [-0.2, 0) is 19.8 Å². The molecule has 1 aromatic carbocycles. The SMILES string of the molecule is CC(C)C[C@@H](c1cccc(-n2cc3c(C(F)(F)F)cc(CN4CCC[C@H](C)C4)cn3c2=O)c1)c1nncn1C. The number of pyridine rings is 1. The lowest BCUT2D eigenvalue weighted by molar-refractivity contribution is -0.136. The third kappa shape index (κ3) is 5.66. The highest BCUT2D eigenvalue weighted by atomic mass is 19.4. The number of imidazole rings is 1. The Kier molecular flexibility index (Phi) is 7.41. The molecule has 5 rings (SSSR count). The van der Waals surface area contributed by atoms with E-state index >= 15 is 0 Å². The van der Waals surface area contributed by atoms with Gasteiger partial charge >= 0.3 is 11.9 Å². The van der Waals surface area contributed by atoms with E-state index < -0.39 is 17.4 Å². The van der Waals surface area contributed by atoms with Gasteiger partial charge in [0.15, 0.2) is 0 Å². The Labute approximate surface area is 225 Å². The van der Waals surface area contributed by atoms with Gasteiger partial charge in [-0.05, 0) is 67.0 Å². The van der Waals surface area contributed by atoms with Crippen LogP contribution in [0.3, 0.4) is 0 Å². The van der Waals surface area contributed by atoms with Gasteiger partial charge < -0.3 is 4.57 Å². The molecule has 0 saturated carbocycles. The largest absolute Gasteiger partial charge is 0.418 e. The molecule has 2 atom stereocenters. The Balaban J connectivity index is 1.58. The molecule has 7 nitrogen and oxygen atoms in total. The first kappa shape index (κ1) is 27.2. The highest BCUT2D eigenvalue weighted by Gasteiger charge is 2.35. The average Bonchev–Trinajstić information content (AvgIpc) is 3.44. The lowest BCUT2D eigenvalue weighted by atomic mass is 9.89. The second kappa shape index (κ2) is 10.6. The maximum absolute atomic E-state index is 14.2. The zero-order valence-electron chi connectivity index (χ0n) is 22.8. The number of benzene rings is 1. The molecule has 1 fully saturated rings. The molecule has 39 heavy (non-hydrogen) atoms.